The summed E-state index contributed by atoms with van der Waals surface area (Å²) in [5.41, 5.74) is 0. The number of hydrogen-bond acceptors (Lipinski definition) is 6. The van der Waals surface area contributed by atoms with Gasteiger partial charge in [-0.25, -0.2) is 0 Å². The van der Waals surface area contributed by atoms with Crippen molar-refractivity contribution in [2.45, 2.75) is 52.7 Å². The van der Waals surface area contributed by atoms with Crippen molar-refractivity contribution in [2.75, 3.05) is 52.6 Å². The zero-order valence-corrected chi connectivity index (χ0v) is 16.1. The van der Waals surface area contributed by atoms with Crippen molar-refractivity contribution in [3.63, 3.8) is 0 Å². The Bertz CT molecular complexity index is 239. The molecule has 0 heterocycles. The molecule has 0 fully saturated rings. The Balaban J connectivity index is 3.31. The minimum absolute atomic E-state index is 0.375. The minimum Gasteiger partial charge on any atom is -0.389 e. The minimum atomic E-state index is -0.475. The highest BCUT2D eigenvalue weighted by molar-refractivity contribution is 4.62. The number of ether oxygens (including phenoxy) is 2. The molecule has 0 aromatic carbocycles. The standard InChI is InChI=1S/C18H40N2O4/c1-15(2)5-9-23-13-17(21)11-19-7-8-20-12-18(22)14-24-10-6-16(3)4/h15-22H,5-14H2,1-4H3/t17-,18+. The fourth-order valence-electron chi connectivity index (χ4n) is 1.91. The van der Waals surface area contributed by atoms with Crippen LogP contribution in [0, 0.1) is 11.8 Å². The van der Waals surface area contributed by atoms with Gasteiger partial charge >= 0.3 is 0 Å². The summed E-state index contributed by atoms with van der Waals surface area (Å²) in [6, 6.07) is 0. The molecule has 4 N–H and O–H groups in total. The van der Waals surface area contributed by atoms with Gasteiger partial charge in [-0.05, 0) is 24.7 Å². The lowest BCUT2D eigenvalue weighted by atomic mass is 10.1. The third-order valence-electron chi connectivity index (χ3n) is 3.54. The fourth-order valence-corrected chi connectivity index (χ4v) is 1.91. The molecule has 0 aromatic rings. The average Bonchev–Trinajstić information content (AvgIpc) is 2.51. The first kappa shape index (κ1) is 23.8. The second kappa shape index (κ2) is 16.2. The third kappa shape index (κ3) is 18.1. The maximum Gasteiger partial charge on any atom is 0.0897 e. The molecule has 0 unspecified atom stereocenters. The summed E-state index contributed by atoms with van der Waals surface area (Å²) in [4.78, 5) is 0. The highest BCUT2D eigenvalue weighted by Gasteiger charge is 2.05. The van der Waals surface area contributed by atoms with Crippen LogP contribution in [0.15, 0.2) is 0 Å². The van der Waals surface area contributed by atoms with Crippen LogP contribution in [0.4, 0.5) is 0 Å². The van der Waals surface area contributed by atoms with Crippen molar-refractivity contribution >= 4 is 0 Å². The zero-order valence-electron chi connectivity index (χ0n) is 16.1. The maximum atomic E-state index is 9.75. The number of hydrogen-bond donors (Lipinski definition) is 4. The molecule has 6 nitrogen and oxygen atoms in total. The van der Waals surface area contributed by atoms with E-state index in [1.807, 2.05) is 0 Å². The smallest absolute Gasteiger partial charge is 0.0897 e. The molecule has 0 radical (unpaired) electrons. The molecule has 0 aliphatic rings. The average molecular weight is 349 g/mol. The number of aliphatic hydroxyl groups is 2. The van der Waals surface area contributed by atoms with Crippen LogP contribution in [0.1, 0.15) is 40.5 Å². The van der Waals surface area contributed by atoms with Gasteiger partial charge in [0.25, 0.3) is 0 Å². The Morgan fingerprint density at radius 1 is 0.708 bits per heavy atom. The molecular formula is C18H40N2O4. The van der Waals surface area contributed by atoms with Crippen LogP contribution in [-0.4, -0.2) is 75.0 Å². The van der Waals surface area contributed by atoms with Crippen molar-refractivity contribution in [3.8, 4) is 0 Å². The summed E-state index contributed by atoms with van der Waals surface area (Å²) in [5, 5.41) is 25.8. The molecule has 0 aromatic heterocycles. The van der Waals surface area contributed by atoms with E-state index in [4.69, 9.17) is 9.47 Å². The predicted molar refractivity (Wildman–Crippen MR) is 98.3 cm³/mol. The summed E-state index contributed by atoms with van der Waals surface area (Å²) in [6.07, 6.45) is 1.09. The normalized spacial score (nSPS) is 14.5. The van der Waals surface area contributed by atoms with E-state index in [-0.39, 0.29) is 0 Å². The Kier molecular flexibility index (Phi) is 16.1. The molecule has 0 bridgehead atoms. The summed E-state index contributed by atoms with van der Waals surface area (Å²) in [7, 11) is 0. The van der Waals surface area contributed by atoms with E-state index in [0.717, 1.165) is 25.9 Å². The molecule has 146 valence electrons. The van der Waals surface area contributed by atoms with Gasteiger partial charge in [-0.15, -0.1) is 0 Å². The van der Waals surface area contributed by atoms with Crippen molar-refractivity contribution in [3.05, 3.63) is 0 Å². The van der Waals surface area contributed by atoms with Gasteiger partial charge in [0.05, 0.1) is 25.4 Å². The first-order chi connectivity index (χ1) is 11.4. The lowest BCUT2D eigenvalue weighted by molar-refractivity contribution is 0.0315. The van der Waals surface area contributed by atoms with Gasteiger partial charge in [-0.2, -0.15) is 0 Å². The van der Waals surface area contributed by atoms with E-state index in [0.29, 0.717) is 51.4 Å². The lowest BCUT2D eigenvalue weighted by Crippen LogP contribution is -2.37. The summed E-state index contributed by atoms with van der Waals surface area (Å²) >= 11 is 0. The van der Waals surface area contributed by atoms with Crippen molar-refractivity contribution in [2.24, 2.45) is 11.8 Å². The zero-order chi connectivity index (χ0) is 18.2. The van der Waals surface area contributed by atoms with Crippen molar-refractivity contribution in [1.29, 1.82) is 0 Å². The third-order valence-corrected chi connectivity index (χ3v) is 3.54. The van der Waals surface area contributed by atoms with E-state index in [9.17, 15) is 10.2 Å². The van der Waals surface area contributed by atoms with Crippen molar-refractivity contribution in [1.82, 2.24) is 10.6 Å². The first-order valence-corrected chi connectivity index (χ1v) is 9.34. The van der Waals surface area contributed by atoms with Gasteiger partial charge in [0.1, 0.15) is 0 Å². The fraction of sp³-hybridized carbons (Fsp3) is 1.00. The first-order valence-electron chi connectivity index (χ1n) is 9.34. The second-order valence-electron chi connectivity index (χ2n) is 7.23. The molecule has 0 amide bonds. The van der Waals surface area contributed by atoms with E-state index in [2.05, 4.69) is 38.3 Å². The van der Waals surface area contributed by atoms with Crippen LogP contribution in [0.5, 0.6) is 0 Å². The molecule has 6 heteroatoms. The topological polar surface area (TPSA) is 83.0 Å². The second-order valence-corrected chi connectivity index (χ2v) is 7.23. The Morgan fingerprint density at radius 3 is 1.42 bits per heavy atom. The summed E-state index contributed by atoms with van der Waals surface area (Å²) in [6.45, 7) is 13.3. The van der Waals surface area contributed by atoms with Gasteiger partial charge in [0.2, 0.25) is 0 Å². The van der Waals surface area contributed by atoms with Gasteiger partial charge in [0, 0.05) is 39.4 Å². The van der Waals surface area contributed by atoms with E-state index in [1.54, 1.807) is 0 Å². The molecule has 0 aliphatic carbocycles. The summed E-state index contributed by atoms with van der Waals surface area (Å²) in [5.74, 6) is 1.25. The number of nitrogens with one attached hydrogen (secondary N) is 2. The molecule has 0 spiro atoms. The van der Waals surface area contributed by atoms with Crippen LogP contribution >= 0.6 is 0 Å². The van der Waals surface area contributed by atoms with Crippen molar-refractivity contribution < 1.29 is 19.7 Å². The molecule has 0 rings (SSSR count). The molecule has 0 aliphatic heterocycles. The SMILES string of the molecule is CC(C)CCOC[C@H](O)CNCCNC[C@H](O)COCCC(C)C. The molecule has 0 saturated heterocycles. The Morgan fingerprint density at radius 2 is 1.08 bits per heavy atom. The van der Waals surface area contributed by atoms with E-state index >= 15 is 0 Å². The van der Waals surface area contributed by atoms with Crippen LogP contribution < -0.4 is 10.6 Å². The summed E-state index contributed by atoms with van der Waals surface area (Å²) < 4.78 is 10.8. The molecule has 0 saturated carbocycles. The number of aliphatic hydroxyl groups excluding tert-OH is 2. The van der Waals surface area contributed by atoms with Gasteiger partial charge < -0.3 is 30.3 Å². The molecular weight excluding hydrogens is 308 g/mol. The van der Waals surface area contributed by atoms with E-state index in [1.165, 1.54) is 0 Å². The number of rotatable bonds is 17. The molecule has 24 heavy (non-hydrogen) atoms. The predicted octanol–water partition coefficient (Wildman–Crippen LogP) is 1.01. The lowest BCUT2D eigenvalue weighted by Gasteiger charge is -2.15. The highest BCUT2D eigenvalue weighted by atomic mass is 16.5. The van der Waals surface area contributed by atoms with Crippen LogP contribution in [-0.2, 0) is 9.47 Å². The van der Waals surface area contributed by atoms with Crippen LogP contribution in [0.3, 0.4) is 0 Å². The van der Waals surface area contributed by atoms with E-state index < -0.39 is 12.2 Å². The van der Waals surface area contributed by atoms with Crippen LogP contribution in [0.25, 0.3) is 0 Å². The largest absolute Gasteiger partial charge is 0.389 e. The van der Waals surface area contributed by atoms with Gasteiger partial charge in [-0.1, -0.05) is 27.7 Å². The van der Waals surface area contributed by atoms with Gasteiger partial charge in [0.15, 0.2) is 0 Å². The quantitative estimate of drug-likeness (QED) is 0.294. The Labute approximate surface area is 148 Å². The maximum absolute atomic E-state index is 9.75. The van der Waals surface area contributed by atoms with Gasteiger partial charge in [-0.3, -0.25) is 0 Å². The molecule has 2 atom stereocenters. The van der Waals surface area contributed by atoms with Crippen LogP contribution in [0.2, 0.25) is 0 Å². The monoisotopic (exact) mass is 348 g/mol. The Hall–Kier alpha value is -0.240. The highest BCUT2D eigenvalue weighted by Crippen LogP contribution is 1.99.